The smallest absolute Gasteiger partial charge is 0.871 e. The molecule has 0 spiro atoms. The van der Waals surface area contributed by atoms with Gasteiger partial charge in [-0.1, -0.05) is 89.0 Å². The van der Waals surface area contributed by atoms with Crippen molar-refractivity contribution >= 4 is 66.8 Å². The summed E-state index contributed by atoms with van der Waals surface area (Å²) in [6, 6.07) is 23.2. The summed E-state index contributed by atoms with van der Waals surface area (Å²) in [4.78, 5) is -0.418. The summed E-state index contributed by atoms with van der Waals surface area (Å²) < 4.78 is 34.6. The van der Waals surface area contributed by atoms with Gasteiger partial charge in [0, 0.05) is 21.3 Å². The number of aromatic nitrogens is 2. The minimum absolute atomic E-state index is 0. The predicted molar refractivity (Wildman–Crippen MR) is 171 cm³/mol. The van der Waals surface area contributed by atoms with Gasteiger partial charge in [-0.05, 0) is 60.8 Å². The van der Waals surface area contributed by atoms with Gasteiger partial charge in [-0.3, -0.25) is 0 Å². The van der Waals surface area contributed by atoms with Gasteiger partial charge in [0.1, 0.15) is 15.8 Å². The van der Waals surface area contributed by atoms with E-state index in [1.165, 1.54) is 59.3 Å². The van der Waals surface area contributed by atoms with Crippen molar-refractivity contribution in [2.45, 2.75) is 11.8 Å². The zero-order valence-electron chi connectivity index (χ0n) is 26.9. The largest absolute Gasteiger partial charge is 3.00 e. The van der Waals surface area contributed by atoms with Crippen LogP contribution >= 0.6 is 23.2 Å². The topological polar surface area (TPSA) is 217 Å². The zero-order chi connectivity index (χ0) is 34.6. The first-order chi connectivity index (χ1) is 22.8. The van der Waals surface area contributed by atoms with E-state index in [0.717, 1.165) is 12.1 Å². The van der Waals surface area contributed by atoms with Gasteiger partial charge < -0.3 is 25.0 Å². The van der Waals surface area contributed by atoms with Crippen molar-refractivity contribution in [3.63, 3.8) is 0 Å². The minimum Gasteiger partial charge on any atom is -0.871 e. The Morgan fingerprint density at radius 1 is 0.694 bits per heavy atom. The number of halogens is 2. The number of fused-ring (bicyclic) bond motifs is 1. The van der Waals surface area contributed by atoms with E-state index in [0.29, 0.717) is 32.2 Å². The van der Waals surface area contributed by atoms with E-state index in [9.17, 15) is 33.4 Å². The Bertz CT molecular complexity index is 2330. The fourth-order valence-corrected chi connectivity index (χ4v) is 5.07. The van der Waals surface area contributed by atoms with E-state index >= 15 is 0 Å². The van der Waals surface area contributed by atoms with Gasteiger partial charge in [-0.15, -0.1) is 5.11 Å². The molecule has 0 unspecified atom stereocenters. The number of aryl methyl sites for hydroxylation is 1. The second-order valence-electron chi connectivity index (χ2n) is 9.86. The molecule has 247 valence electrons. The maximum absolute atomic E-state index is 12.4. The van der Waals surface area contributed by atoms with Gasteiger partial charge in [0.15, 0.2) is 0 Å². The van der Waals surface area contributed by atoms with Crippen LogP contribution in [0.5, 0.6) is 23.1 Å². The van der Waals surface area contributed by atoms with Crippen LogP contribution < -0.4 is 20.4 Å². The van der Waals surface area contributed by atoms with Gasteiger partial charge in [0.2, 0.25) is 0 Å². The first kappa shape index (κ1) is 36.8. The maximum Gasteiger partial charge on any atom is 3.00 e. The molecule has 0 fully saturated rings. The fraction of sp³-hybridized carbons (Fsp3) is 0.0312. The predicted octanol–water partition coefficient (Wildman–Crippen LogP) is 6.58. The number of hydrogen-bond acceptors (Lipinski definition) is 12. The second-order valence-corrected chi connectivity index (χ2v) is 12.1. The van der Waals surface area contributed by atoms with Crippen LogP contribution in [0.15, 0.2) is 122 Å². The normalized spacial score (nSPS) is 11.4. The molecule has 49 heavy (non-hydrogen) atoms. The van der Waals surface area contributed by atoms with Gasteiger partial charge in [0.25, 0.3) is 0 Å². The van der Waals surface area contributed by atoms with E-state index in [2.05, 4.69) is 25.6 Å². The molecule has 5 aromatic carbocycles. The Morgan fingerprint density at radius 2 is 1.24 bits per heavy atom. The molecule has 6 rings (SSSR count). The third-order valence-corrected chi connectivity index (χ3v) is 7.86. The molecule has 1 heterocycles. The van der Waals surface area contributed by atoms with Gasteiger partial charge >= 0.3 is 20.2 Å². The maximum atomic E-state index is 12.4. The third-order valence-electron chi connectivity index (χ3n) is 6.56. The molecule has 6 aromatic rings. The summed E-state index contributed by atoms with van der Waals surface area (Å²) >= 11 is 11.6. The van der Waals surface area contributed by atoms with Crippen molar-refractivity contribution < 1.29 is 53.6 Å². The molecule has 0 aliphatic carbocycles. The van der Waals surface area contributed by atoms with Crippen LogP contribution in [-0.2, 0) is 27.5 Å². The monoisotopic (exact) mass is 755 g/mol. The standard InChI is InChI=1S/C16H13ClN4O2.C16H11ClN2O5S.Cr/c1-10-15(19-18-13-9-11(17)7-8-14(13)22)16(23)21(20-10)12-5-3-2-4-6-12;17-10-2-6-14(20)13(8-10)18-19-16-12-4-3-11(25(22,23)24)7-9(12)1-5-15(16)21;/h2-9,22-23H,1H3;1-8,20-21H,(H,22,23,24);/q;;+3/p-3. The van der Waals surface area contributed by atoms with Crippen LogP contribution in [-0.4, -0.2) is 22.8 Å². The van der Waals surface area contributed by atoms with Crippen molar-refractivity contribution in [2.24, 2.45) is 20.5 Å². The summed E-state index contributed by atoms with van der Waals surface area (Å²) in [6.07, 6.45) is 0. The Hall–Kier alpha value is -5.01. The molecule has 1 aromatic heterocycles. The molecule has 17 heteroatoms. The number of hydrogen-bond donors (Lipinski definition) is 0. The number of benzene rings is 5. The summed E-state index contributed by atoms with van der Waals surface area (Å²) in [6.45, 7) is 1.66. The molecule has 0 amide bonds. The second kappa shape index (κ2) is 15.5. The van der Waals surface area contributed by atoms with Gasteiger partial charge in [-0.2, -0.15) is 20.4 Å². The average Bonchev–Trinajstić information content (AvgIpc) is 3.34. The number of para-hydroxylation sites is 1. The van der Waals surface area contributed by atoms with Crippen LogP contribution in [0, 0.1) is 6.92 Å². The molecular weight excluding hydrogens is 735 g/mol. The molecule has 0 bridgehead atoms. The van der Waals surface area contributed by atoms with Gasteiger partial charge in [-0.25, -0.2) is 13.1 Å². The molecule has 0 saturated heterocycles. The molecule has 0 aliphatic heterocycles. The summed E-state index contributed by atoms with van der Waals surface area (Å²) in [7, 11) is -4.62. The molecule has 1 radical (unpaired) electrons. The minimum atomic E-state index is -4.62. The molecule has 0 atom stereocenters. The van der Waals surface area contributed by atoms with Gasteiger partial charge in [0.05, 0.1) is 33.3 Å². The molecular formula is C32H21Cl2CrN6O7S. The summed E-state index contributed by atoms with van der Waals surface area (Å²) in [5, 5.41) is 68.6. The Balaban J connectivity index is 0.000000335. The Kier molecular flexibility index (Phi) is 11.6. The molecule has 13 nitrogen and oxygen atoms in total. The summed E-state index contributed by atoms with van der Waals surface area (Å²) in [5.74, 6) is -1.60. The van der Waals surface area contributed by atoms with Crippen LogP contribution in [0.1, 0.15) is 8.55 Å². The molecule has 0 saturated carbocycles. The fourth-order valence-electron chi connectivity index (χ4n) is 4.23. The SMILES string of the molecule is Cc1nn(-c2ccccc2)c([O-])c1N=Nc1cc(Cl)ccc1[O-].O=S(=O)([O-])c1ccc2c(N=Nc3cc(Cl)ccc3[O-])c([O-])ccc2c1.[Cr+3].[H+].[H+]. The van der Waals surface area contributed by atoms with Crippen LogP contribution in [0.3, 0.4) is 0 Å². The van der Waals surface area contributed by atoms with E-state index in [1.807, 2.05) is 18.2 Å². The van der Waals surface area contributed by atoms with Crippen LogP contribution in [0.4, 0.5) is 22.7 Å². The van der Waals surface area contributed by atoms with Crippen LogP contribution in [0.25, 0.3) is 16.5 Å². The molecule has 0 N–H and O–H groups in total. The van der Waals surface area contributed by atoms with E-state index in [4.69, 9.17) is 23.2 Å². The third kappa shape index (κ3) is 8.73. The zero-order valence-corrected chi connectivity index (χ0v) is 28.5. The van der Waals surface area contributed by atoms with Crippen molar-refractivity contribution in [1.82, 2.24) is 9.78 Å². The first-order valence-electron chi connectivity index (χ1n) is 13.6. The number of rotatable bonds is 6. The van der Waals surface area contributed by atoms with E-state index < -0.39 is 32.4 Å². The average molecular weight is 757 g/mol. The molecule has 0 aliphatic rings. The summed E-state index contributed by atoms with van der Waals surface area (Å²) in [5.41, 5.74) is 1.11. The quantitative estimate of drug-likeness (QED) is 0.133. The number of azo groups is 2. The van der Waals surface area contributed by atoms with Crippen molar-refractivity contribution in [3.8, 4) is 28.8 Å². The van der Waals surface area contributed by atoms with E-state index in [-0.39, 0.29) is 48.7 Å². The Morgan fingerprint density at radius 3 is 1.82 bits per heavy atom. The van der Waals surface area contributed by atoms with Crippen molar-refractivity contribution in [1.29, 1.82) is 0 Å². The Labute approximate surface area is 302 Å². The first-order valence-corrected chi connectivity index (χ1v) is 15.8. The van der Waals surface area contributed by atoms with E-state index in [1.54, 1.807) is 19.1 Å². The van der Waals surface area contributed by atoms with Crippen molar-refractivity contribution in [3.05, 3.63) is 113 Å². The van der Waals surface area contributed by atoms with Crippen molar-refractivity contribution in [2.75, 3.05) is 0 Å². The van der Waals surface area contributed by atoms with Crippen LogP contribution in [0.2, 0.25) is 10.0 Å². The number of nitrogens with zero attached hydrogens (tertiary/aromatic N) is 6.